The number of nitrogens with zero attached hydrogens (tertiary/aromatic N) is 1. The second-order valence-electron chi connectivity index (χ2n) is 7.83. The Morgan fingerprint density at radius 3 is 2.55 bits per heavy atom. The fourth-order valence-corrected chi connectivity index (χ4v) is 4.19. The van der Waals surface area contributed by atoms with Crippen LogP contribution in [0.25, 0.3) is 10.2 Å². The largest absolute Gasteiger partial charge is 0.457 e. The number of carbonyl (C=O) groups is 2. The third kappa shape index (κ3) is 5.01. The molecule has 1 heterocycles. The number of alkyl halides is 1. The summed E-state index contributed by atoms with van der Waals surface area (Å²) in [6, 6.07) is 19.0. The minimum Gasteiger partial charge on any atom is -0.457 e. The van der Waals surface area contributed by atoms with Crippen LogP contribution in [0.15, 0.2) is 66.7 Å². The molecular formula is C25H20FN3O3S. The summed E-state index contributed by atoms with van der Waals surface area (Å²) in [5.41, 5.74) is 2.36. The first-order chi connectivity index (χ1) is 16.1. The Kier molecular flexibility index (Phi) is 5.75. The highest BCUT2D eigenvalue weighted by Gasteiger charge is 2.30. The third-order valence-electron chi connectivity index (χ3n) is 5.24. The highest BCUT2D eigenvalue weighted by atomic mass is 32.1. The lowest BCUT2D eigenvalue weighted by molar-refractivity contribution is -0.117. The molecule has 0 spiro atoms. The number of hydrogen-bond acceptors (Lipinski definition) is 5. The molecular weight excluding hydrogens is 441 g/mol. The normalized spacial score (nSPS) is 13.0. The van der Waals surface area contributed by atoms with Gasteiger partial charge in [-0.25, -0.2) is 9.37 Å². The Morgan fingerprint density at radius 1 is 1.00 bits per heavy atom. The molecule has 0 atom stereocenters. The molecule has 1 aromatic heterocycles. The predicted molar refractivity (Wildman–Crippen MR) is 127 cm³/mol. The lowest BCUT2D eigenvalue weighted by Crippen LogP contribution is -2.12. The first kappa shape index (κ1) is 21.1. The molecule has 4 aromatic rings. The topological polar surface area (TPSA) is 80.3 Å². The van der Waals surface area contributed by atoms with E-state index in [0.717, 1.165) is 23.1 Å². The van der Waals surface area contributed by atoms with Crippen molar-refractivity contribution in [1.29, 1.82) is 0 Å². The van der Waals surface area contributed by atoms with Crippen LogP contribution < -0.4 is 15.4 Å². The highest BCUT2D eigenvalue weighted by Crippen LogP contribution is 2.34. The van der Waals surface area contributed by atoms with Crippen LogP contribution in [0.2, 0.25) is 0 Å². The quantitative estimate of drug-likeness (QED) is 0.345. The van der Waals surface area contributed by atoms with Crippen molar-refractivity contribution < 1.29 is 18.7 Å². The Morgan fingerprint density at radius 2 is 1.79 bits per heavy atom. The highest BCUT2D eigenvalue weighted by molar-refractivity contribution is 7.22. The number of aromatic nitrogens is 1. The summed E-state index contributed by atoms with van der Waals surface area (Å²) in [7, 11) is 0. The zero-order valence-corrected chi connectivity index (χ0v) is 18.3. The molecule has 2 amide bonds. The number of ether oxygens (including phenoxy) is 1. The van der Waals surface area contributed by atoms with Gasteiger partial charge in [0.25, 0.3) is 5.91 Å². The van der Waals surface area contributed by atoms with Gasteiger partial charge in [-0.15, -0.1) is 0 Å². The molecule has 0 unspecified atom stereocenters. The van der Waals surface area contributed by atoms with Crippen LogP contribution in [0.5, 0.6) is 11.5 Å². The number of fused-ring (bicyclic) bond motifs is 1. The maximum absolute atomic E-state index is 12.7. The van der Waals surface area contributed by atoms with E-state index in [2.05, 4.69) is 15.6 Å². The maximum atomic E-state index is 12.7. The third-order valence-corrected chi connectivity index (χ3v) is 6.17. The van der Waals surface area contributed by atoms with E-state index < -0.39 is 6.67 Å². The van der Waals surface area contributed by atoms with Crippen LogP contribution in [0, 0.1) is 5.92 Å². The van der Waals surface area contributed by atoms with E-state index in [1.165, 1.54) is 11.3 Å². The maximum Gasteiger partial charge on any atom is 0.255 e. The molecule has 1 aliphatic rings. The number of benzene rings is 3. The SMILES string of the molecule is O=C(Nc1ccc(CF)cc1)c1cccc(Oc2ccc3nc(NC(=O)C4CC4)sc3c2)c1. The van der Waals surface area contributed by atoms with E-state index in [1.54, 1.807) is 54.6 Å². The van der Waals surface area contributed by atoms with Gasteiger partial charge in [0.1, 0.15) is 18.2 Å². The van der Waals surface area contributed by atoms with Gasteiger partial charge in [-0.3, -0.25) is 9.59 Å². The van der Waals surface area contributed by atoms with Gasteiger partial charge < -0.3 is 15.4 Å². The van der Waals surface area contributed by atoms with Gasteiger partial charge in [-0.05, 0) is 60.9 Å². The van der Waals surface area contributed by atoms with Crippen LogP contribution in [-0.4, -0.2) is 16.8 Å². The second-order valence-corrected chi connectivity index (χ2v) is 8.86. The molecule has 0 saturated heterocycles. The molecule has 3 aromatic carbocycles. The number of anilines is 2. The smallest absolute Gasteiger partial charge is 0.255 e. The van der Waals surface area contributed by atoms with Crippen LogP contribution in [-0.2, 0) is 11.5 Å². The van der Waals surface area contributed by atoms with Crippen molar-refractivity contribution in [2.45, 2.75) is 19.5 Å². The first-order valence-electron chi connectivity index (χ1n) is 10.5. The van der Waals surface area contributed by atoms with Crippen molar-refractivity contribution in [2.24, 2.45) is 5.92 Å². The van der Waals surface area contributed by atoms with Crippen molar-refractivity contribution >= 4 is 44.2 Å². The first-order valence-corrected chi connectivity index (χ1v) is 11.3. The fraction of sp³-hybridized carbons (Fsp3) is 0.160. The van der Waals surface area contributed by atoms with Crippen molar-refractivity contribution in [2.75, 3.05) is 10.6 Å². The van der Waals surface area contributed by atoms with Gasteiger partial charge in [-0.1, -0.05) is 29.5 Å². The average Bonchev–Trinajstić information content (AvgIpc) is 3.60. The predicted octanol–water partition coefficient (Wildman–Crippen LogP) is 6.16. The monoisotopic (exact) mass is 461 g/mol. The van der Waals surface area contributed by atoms with Gasteiger partial charge in [0.05, 0.1) is 10.2 Å². The summed E-state index contributed by atoms with van der Waals surface area (Å²) in [5, 5.41) is 6.25. The Labute approximate surface area is 193 Å². The van der Waals surface area contributed by atoms with E-state index in [0.29, 0.717) is 33.4 Å². The summed E-state index contributed by atoms with van der Waals surface area (Å²) in [6.07, 6.45) is 1.88. The van der Waals surface area contributed by atoms with Crippen LogP contribution in [0.4, 0.5) is 15.2 Å². The molecule has 0 radical (unpaired) electrons. The number of nitrogens with one attached hydrogen (secondary N) is 2. The number of rotatable bonds is 7. The van der Waals surface area contributed by atoms with E-state index >= 15 is 0 Å². The number of amides is 2. The Bertz CT molecular complexity index is 1330. The number of hydrogen-bond donors (Lipinski definition) is 2. The summed E-state index contributed by atoms with van der Waals surface area (Å²) < 4.78 is 19.5. The van der Waals surface area contributed by atoms with Gasteiger partial charge >= 0.3 is 0 Å². The van der Waals surface area contributed by atoms with Gasteiger partial charge in [0, 0.05) is 23.2 Å². The minimum atomic E-state index is -0.544. The molecule has 2 N–H and O–H groups in total. The van der Waals surface area contributed by atoms with E-state index in [1.807, 2.05) is 12.1 Å². The van der Waals surface area contributed by atoms with Gasteiger partial charge in [-0.2, -0.15) is 0 Å². The zero-order valence-electron chi connectivity index (χ0n) is 17.5. The molecule has 0 aliphatic heterocycles. The lowest BCUT2D eigenvalue weighted by atomic mass is 10.2. The van der Waals surface area contributed by atoms with Gasteiger partial charge in [0.2, 0.25) is 5.91 Å². The van der Waals surface area contributed by atoms with Crippen LogP contribution in [0.1, 0.15) is 28.8 Å². The molecule has 6 nitrogen and oxygen atoms in total. The summed E-state index contributed by atoms with van der Waals surface area (Å²) in [5.74, 6) is 0.975. The van der Waals surface area contributed by atoms with E-state index in [4.69, 9.17) is 4.74 Å². The summed E-state index contributed by atoms with van der Waals surface area (Å²) in [6.45, 7) is -0.544. The summed E-state index contributed by atoms with van der Waals surface area (Å²) >= 11 is 1.40. The van der Waals surface area contributed by atoms with Crippen molar-refractivity contribution in [1.82, 2.24) is 4.98 Å². The molecule has 1 saturated carbocycles. The minimum absolute atomic E-state index is 0.0268. The lowest BCUT2D eigenvalue weighted by Gasteiger charge is -2.09. The zero-order chi connectivity index (χ0) is 22.8. The van der Waals surface area contributed by atoms with Crippen LogP contribution >= 0.6 is 11.3 Å². The number of thiazole rings is 1. The van der Waals surface area contributed by atoms with Gasteiger partial charge in [0.15, 0.2) is 5.13 Å². The fourth-order valence-electron chi connectivity index (χ4n) is 3.29. The second kappa shape index (κ2) is 8.99. The van der Waals surface area contributed by atoms with Crippen molar-refractivity contribution in [3.8, 4) is 11.5 Å². The average molecular weight is 462 g/mol. The molecule has 166 valence electrons. The van der Waals surface area contributed by atoms with Crippen molar-refractivity contribution in [3.63, 3.8) is 0 Å². The van der Waals surface area contributed by atoms with Crippen molar-refractivity contribution in [3.05, 3.63) is 77.9 Å². The number of halogens is 1. The van der Waals surface area contributed by atoms with Crippen LogP contribution in [0.3, 0.4) is 0 Å². The Hall–Kier alpha value is -3.78. The molecule has 0 bridgehead atoms. The van der Waals surface area contributed by atoms with E-state index in [9.17, 15) is 14.0 Å². The molecule has 33 heavy (non-hydrogen) atoms. The van der Waals surface area contributed by atoms with E-state index in [-0.39, 0.29) is 17.7 Å². The molecule has 5 rings (SSSR count). The Balaban J connectivity index is 1.28. The standard InChI is InChI=1S/C25H20FN3O3S/c26-14-15-4-8-18(9-5-15)27-24(31)17-2-1-3-19(12-17)32-20-10-11-21-22(13-20)33-25(28-21)29-23(30)16-6-7-16/h1-5,8-13,16H,6-7,14H2,(H,27,31)(H,28,29,30). The molecule has 1 aliphatic carbocycles. The molecule has 1 fully saturated rings. The summed E-state index contributed by atoms with van der Waals surface area (Å²) in [4.78, 5) is 29.0. The number of carbonyl (C=O) groups excluding carboxylic acids is 2. The molecule has 8 heteroatoms.